The maximum atomic E-state index is 12.3. The van der Waals surface area contributed by atoms with E-state index in [9.17, 15) is 14.4 Å². The molecule has 8 heteroatoms. The number of primary amides is 1. The van der Waals surface area contributed by atoms with Gasteiger partial charge in [-0.25, -0.2) is 4.79 Å². The number of nitrogens with two attached hydrogens (primary N) is 1. The van der Waals surface area contributed by atoms with Crippen molar-refractivity contribution in [2.75, 3.05) is 39.3 Å². The number of amides is 2. The molecule has 0 aromatic heterocycles. The van der Waals surface area contributed by atoms with Crippen molar-refractivity contribution < 1.29 is 24.2 Å². The van der Waals surface area contributed by atoms with E-state index in [4.69, 9.17) is 15.6 Å². The first kappa shape index (κ1) is 15.7. The molecule has 2 rings (SSSR count). The van der Waals surface area contributed by atoms with Crippen LogP contribution < -0.4 is 5.73 Å². The smallest absolute Gasteiger partial charge is 0.334 e. The molecule has 0 bridgehead atoms. The van der Waals surface area contributed by atoms with E-state index < -0.39 is 12.1 Å². The number of nitrogens with zero attached hydrogens (tertiary/aromatic N) is 2. The van der Waals surface area contributed by atoms with Crippen molar-refractivity contribution >= 4 is 17.8 Å². The molecule has 0 aliphatic carbocycles. The Kier molecular flexibility index (Phi) is 5.13. The molecule has 8 nitrogen and oxygen atoms in total. The Hall–Kier alpha value is -1.67. The van der Waals surface area contributed by atoms with Crippen LogP contribution in [0.15, 0.2) is 0 Å². The minimum atomic E-state index is -1.01. The number of carboxylic acid groups (broad SMARTS) is 1. The highest BCUT2D eigenvalue weighted by Crippen LogP contribution is 2.16. The predicted molar refractivity (Wildman–Crippen MR) is 72.3 cm³/mol. The summed E-state index contributed by atoms with van der Waals surface area (Å²) in [4.78, 5) is 37.8. The Balaban J connectivity index is 1.86. The first-order valence-corrected chi connectivity index (χ1v) is 7.11. The lowest BCUT2D eigenvalue weighted by Gasteiger charge is -2.35. The van der Waals surface area contributed by atoms with Crippen LogP contribution in [0.2, 0.25) is 0 Å². The van der Waals surface area contributed by atoms with Crippen LogP contribution in [-0.4, -0.2) is 78.1 Å². The van der Waals surface area contributed by atoms with E-state index in [1.807, 2.05) is 0 Å². The van der Waals surface area contributed by atoms with Crippen molar-refractivity contribution in [3.63, 3.8) is 0 Å². The summed E-state index contributed by atoms with van der Waals surface area (Å²) in [6.45, 7) is 2.17. The molecule has 2 saturated heterocycles. The van der Waals surface area contributed by atoms with Gasteiger partial charge in [0, 0.05) is 26.2 Å². The topological polar surface area (TPSA) is 113 Å². The zero-order valence-corrected chi connectivity index (χ0v) is 11.9. The zero-order valence-electron chi connectivity index (χ0n) is 11.9. The molecule has 21 heavy (non-hydrogen) atoms. The molecule has 2 heterocycles. The summed E-state index contributed by atoms with van der Waals surface area (Å²) < 4.78 is 5.12. The number of ether oxygens (including phenoxy) is 1. The number of carbonyl (C=O) groups excluding carboxylic acids is 2. The summed E-state index contributed by atoms with van der Waals surface area (Å²) in [6, 6.07) is 0. The quantitative estimate of drug-likeness (QED) is 0.653. The van der Waals surface area contributed by atoms with Crippen molar-refractivity contribution in [3.05, 3.63) is 0 Å². The van der Waals surface area contributed by atoms with Gasteiger partial charge in [-0.3, -0.25) is 14.5 Å². The van der Waals surface area contributed by atoms with Gasteiger partial charge < -0.3 is 20.5 Å². The second-order valence-corrected chi connectivity index (χ2v) is 5.51. The van der Waals surface area contributed by atoms with E-state index in [2.05, 4.69) is 0 Å². The van der Waals surface area contributed by atoms with Gasteiger partial charge >= 0.3 is 5.97 Å². The minimum Gasteiger partial charge on any atom is -0.479 e. The number of likely N-dealkylation sites (tertiary alicyclic amines) is 1. The molecule has 2 atom stereocenters. The van der Waals surface area contributed by atoms with E-state index in [0.29, 0.717) is 26.2 Å². The Bertz CT molecular complexity index is 428. The number of hydrogen-bond donors (Lipinski definition) is 2. The van der Waals surface area contributed by atoms with Crippen LogP contribution >= 0.6 is 0 Å². The molecule has 0 spiro atoms. The molecule has 2 unspecified atom stereocenters. The standard InChI is InChI=1S/C13H21N3O5/c14-12(18)9-2-1-3-16(6-9)11(17)8-15-4-5-21-10(7-15)13(19)20/h9-10H,1-8H2,(H2,14,18)(H,19,20). The van der Waals surface area contributed by atoms with Gasteiger partial charge in [-0.2, -0.15) is 0 Å². The molecule has 2 aliphatic heterocycles. The second kappa shape index (κ2) is 6.86. The average molecular weight is 299 g/mol. The van der Waals surface area contributed by atoms with E-state index >= 15 is 0 Å². The van der Waals surface area contributed by atoms with Crippen LogP contribution in [-0.2, 0) is 19.1 Å². The first-order chi connectivity index (χ1) is 9.97. The Morgan fingerprint density at radius 3 is 2.67 bits per heavy atom. The molecule has 0 aromatic rings. The van der Waals surface area contributed by atoms with Gasteiger partial charge in [0.1, 0.15) is 0 Å². The lowest BCUT2D eigenvalue weighted by molar-refractivity contribution is -0.157. The number of carboxylic acids is 1. The van der Waals surface area contributed by atoms with Crippen molar-refractivity contribution in [1.29, 1.82) is 0 Å². The summed E-state index contributed by atoms with van der Waals surface area (Å²) in [5.74, 6) is -1.75. The molecule has 2 fully saturated rings. The summed E-state index contributed by atoms with van der Waals surface area (Å²) in [7, 11) is 0. The molecule has 2 amide bonds. The van der Waals surface area contributed by atoms with Crippen LogP contribution in [0, 0.1) is 5.92 Å². The third-order valence-corrected chi connectivity index (χ3v) is 3.96. The molecule has 2 aliphatic rings. The number of carbonyl (C=O) groups is 3. The Morgan fingerprint density at radius 2 is 2.00 bits per heavy atom. The minimum absolute atomic E-state index is 0.0908. The largest absolute Gasteiger partial charge is 0.479 e. The van der Waals surface area contributed by atoms with E-state index in [0.717, 1.165) is 12.8 Å². The highest BCUT2D eigenvalue weighted by Gasteiger charge is 2.31. The van der Waals surface area contributed by atoms with Gasteiger partial charge in [0.25, 0.3) is 0 Å². The predicted octanol–water partition coefficient (Wildman–Crippen LogP) is -1.50. The lowest BCUT2D eigenvalue weighted by atomic mass is 9.97. The third-order valence-electron chi connectivity index (χ3n) is 3.96. The lowest BCUT2D eigenvalue weighted by Crippen LogP contribution is -2.52. The van der Waals surface area contributed by atoms with Gasteiger partial charge in [0.05, 0.1) is 19.1 Å². The molecule has 0 radical (unpaired) electrons. The van der Waals surface area contributed by atoms with Gasteiger partial charge in [0.2, 0.25) is 11.8 Å². The number of morpholine rings is 1. The molecular weight excluding hydrogens is 278 g/mol. The number of aliphatic carboxylic acids is 1. The maximum Gasteiger partial charge on any atom is 0.334 e. The number of piperidine rings is 1. The molecule has 0 saturated carbocycles. The molecule has 0 aromatic carbocycles. The molecule has 118 valence electrons. The van der Waals surface area contributed by atoms with Crippen molar-refractivity contribution in [2.24, 2.45) is 11.7 Å². The van der Waals surface area contributed by atoms with Gasteiger partial charge in [-0.05, 0) is 12.8 Å². The fraction of sp³-hybridized carbons (Fsp3) is 0.769. The number of hydrogen-bond acceptors (Lipinski definition) is 5. The summed E-state index contributed by atoms with van der Waals surface area (Å²) in [5.41, 5.74) is 5.30. The van der Waals surface area contributed by atoms with Crippen LogP contribution in [0.5, 0.6) is 0 Å². The summed E-state index contributed by atoms with van der Waals surface area (Å²) in [6.07, 6.45) is 0.601. The Morgan fingerprint density at radius 1 is 1.24 bits per heavy atom. The monoisotopic (exact) mass is 299 g/mol. The van der Waals surface area contributed by atoms with E-state index in [1.54, 1.807) is 9.80 Å². The van der Waals surface area contributed by atoms with Crippen LogP contribution in [0.3, 0.4) is 0 Å². The van der Waals surface area contributed by atoms with Gasteiger partial charge in [-0.15, -0.1) is 0 Å². The van der Waals surface area contributed by atoms with Gasteiger partial charge in [0.15, 0.2) is 6.10 Å². The third kappa shape index (κ3) is 4.15. The van der Waals surface area contributed by atoms with Crippen LogP contribution in [0.4, 0.5) is 0 Å². The normalized spacial score (nSPS) is 27.3. The summed E-state index contributed by atoms with van der Waals surface area (Å²) >= 11 is 0. The van der Waals surface area contributed by atoms with Crippen molar-refractivity contribution in [1.82, 2.24) is 9.80 Å². The zero-order chi connectivity index (χ0) is 15.4. The highest BCUT2D eigenvalue weighted by atomic mass is 16.5. The fourth-order valence-electron chi connectivity index (χ4n) is 2.72. The maximum absolute atomic E-state index is 12.3. The Labute approximate surface area is 122 Å². The fourth-order valence-corrected chi connectivity index (χ4v) is 2.72. The summed E-state index contributed by atoms with van der Waals surface area (Å²) in [5, 5.41) is 8.94. The highest BCUT2D eigenvalue weighted by molar-refractivity contribution is 5.81. The van der Waals surface area contributed by atoms with E-state index in [1.165, 1.54) is 0 Å². The van der Waals surface area contributed by atoms with E-state index in [-0.39, 0.29) is 30.8 Å². The molecule has 3 N–H and O–H groups in total. The molecular formula is C13H21N3O5. The number of rotatable bonds is 4. The van der Waals surface area contributed by atoms with Crippen molar-refractivity contribution in [3.8, 4) is 0 Å². The first-order valence-electron chi connectivity index (χ1n) is 7.11. The SMILES string of the molecule is NC(=O)C1CCCN(C(=O)CN2CCOC(C(=O)O)C2)C1. The van der Waals surface area contributed by atoms with Crippen LogP contribution in [0.1, 0.15) is 12.8 Å². The van der Waals surface area contributed by atoms with Gasteiger partial charge in [-0.1, -0.05) is 0 Å². The average Bonchev–Trinajstić information content (AvgIpc) is 2.47. The van der Waals surface area contributed by atoms with Crippen LogP contribution in [0.25, 0.3) is 0 Å². The second-order valence-electron chi connectivity index (χ2n) is 5.51. The van der Waals surface area contributed by atoms with Crippen molar-refractivity contribution in [2.45, 2.75) is 18.9 Å².